The monoisotopic (exact) mass is 230 g/mol. The number of hydrogen-bond acceptors (Lipinski definition) is 0. The van der Waals surface area contributed by atoms with Gasteiger partial charge in [0.2, 0.25) is 0 Å². The highest BCUT2D eigenvalue weighted by molar-refractivity contribution is 5.90. The molecular weight excluding hydrogens is 216 g/mol. The van der Waals surface area contributed by atoms with Crippen molar-refractivity contribution >= 4 is 17.7 Å². The second-order valence-electron chi connectivity index (χ2n) is 4.31. The fourth-order valence-corrected chi connectivity index (χ4v) is 2.15. The van der Waals surface area contributed by atoms with Gasteiger partial charge in [0.25, 0.3) is 0 Å². The van der Waals surface area contributed by atoms with Crippen LogP contribution < -0.4 is 0 Å². The molecule has 0 spiro atoms. The predicted molar refractivity (Wildman–Crippen MR) is 78.9 cm³/mol. The molecule has 0 atom stereocenters. The van der Waals surface area contributed by atoms with E-state index in [9.17, 15) is 0 Å². The topological polar surface area (TPSA) is 0 Å². The van der Waals surface area contributed by atoms with Gasteiger partial charge in [0.1, 0.15) is 0 Å². The van der Waals surface area contributed by atoms with Crippen LogP contribution in [-0.2, 0) is 0 Å². The normalized spacial score (nSPS) is 15.4. The van der Waals surface area contributed by atoms with Crippen LogP contribution in [-0.4, -0.2) is 0 Å². The third-order valence-corrected chi connectivity index (χ3v) is 3.08. The van der Waals surface area contributed by atoms with Gasteiger partial charge in [0.15, 0.2) is 0 Å². The molecule has 2 aromatic carbocycles. The molecule has 0 bridgehead atoms. The summed E-state index contributed by atoms with van der Waals surface area (Å²) in [5, 5.41) is 0. The molecule has 0 N–H and O–H groups in total. The van der Waals surface area contributed by atoms with Crippen molar-refractivity contribution in [1.29, 1.82) is 0 Å². The maximum atomic E-state index is 2.17. The Kier molecular flexibility index (Phi) is 2.93. The third kappa shape index (κ3) is 2.18. The average molecular weight is 230 g/mol. The lowest BCUT2D eigenvalue weighted by Gasteiger charge is -1.98. The van der Waals surface area contributed by atoms with E-state index in [1.165, 1.54) is 22.3 Å². The van der Waals surface area contributed by atoms with Crippen LogP contribution in [0, 0.1) is 0 Å². The fraction of sp³-hybridized carbons (Fsp3) is 0. The van der Waals surface area contributed by atoms with Gasteiger partial charge in [-0.15, -0.1) is 0 Å². The lowest BCUT2D eigenvalue weighted by molar-refractivity contribution is 1.61. The SMILES string of the molecule is C1=Cc2ccccc2/C1=C/C=C/c1ccccc1. The molecule has 0 unspecified atom stereocenters. The quantitative estimate of drug-likeness (QED) is 0.694. The number of rotatable bonds is 2. The van der Waals surface area contributed by atoms with Gasteiger partial charge < -0.3 is 0 Å². The summed E-state index contributed by atoms with van der Waals surface area (Å²) in [6, 6.07) is 18.8. The van der Waals surface area contributed by atoms with E-state index in [4.69, 9.17) is 0 Å². The van der Waals surface area contributed by atoms with Gasteiger partial charge in [0, 0.05) is 0 Å². The van der Waals surface area contributed by atoms with Gasteiger partial charge in [-0.3, -0.25) is 0 Å². The summed E-state index contributed by atoms with van der Waals surface area (Å²) in [6.45, 7) is 0. The Morgan fingerprint density at radius 3 is 2.39 bits per heavy atom. The summed E-state index contributed by atoms with van der Waals surface area (Å²) in [4.78, 5) is 0. The molecule has 0 fully saturated rings. The van der Waals surface area contributed by atoms with Crippen molar-refractivity contribution in [2.75, 3.05) is 0 Å². The van der Waals surface area contributed by atoms with Crippen molar-refractivity contribution in [2.45, 2.75) is 0 Å². The van der Waals surface area contributed by atoms with Crippen LogP contribution in [0.15, 0.2) is 72.8 Å². The first kappa shape index (κ1) is 10.8. The van der Waals surface area contributed by atoms with Crippen molar-refractivity contribution in [3.05, 3.63) is 89.5 Å². The van der Waals surface area contributed by atoms with Gasteiger partial charge >= 0.3 is 0 Å². The zero-order chi connectivity index (χ0) is 12.2. The highest BCUT2D eigenvalue weighted by atomic mass is 14.1. The Hall–Kier alpha value is -2.34. The van der Waals surface area contributed by atoms with Crippen LogP contribution in [0.5, 0.6) is 0 Å². The molecule has 18 heavy (non-hydrogen) atoms. The van der Waals surface area contributed by atoms with E-state index in [0.29, 0.717) is 0 Å². The maximum absolute atomic E-state index is 2.17. The van der Waals surface area contributed by atoms with Crippen LogP contribution in [0.25, 0.3) is 17.7 Å². The molecule has 2 aromatic rings. The first-order valence-electron chi connectivity index (χ1n) is 6.14. The summed E-state index contributed by atoms with van der Waals surface area (Å²) < 4.78 is 0. The largest absolute Gasteiger partial charge is 0.0622 e. The number of fused-ring (bicyclic) bond motifs is 1. The van der Waals surface area contributed by atoms with Gasteiger partial charge in [0.05, 0.1) is 0 Å². The van der Waals surface area contributed by atoms with E-state index in [2.05, 4.69) is 78.9 Å². The van der Waals surface area contributed by atoms with Crippen LogP contribution in [0.2, 0.25) is 0 Å². The fourth-order valence-electron chi connectivity index (χ4n) is 2.15. The third-order valence-electron chi connectivity index (χ3n) is 3.08. The first-order valence-corrected chi connectivity index (χ1v) is 6.14. The summed E-state index contributed by atoms with van der Waals surface area (Å²) >= 11 is 0. The lowest BCUT2D eigenvalue weighted by Crippen LogP contribution is -1.78. The predicted octanol–water partition coefficient (Wildman–Crippen LogP) is 4.81. The molecule has 0 amide bonds. The zero-order valence-corrected chi connectivity index (χ0v) is 10.1. The van der Waals surface area contributed by atoms with E-state index < -0.39 is 0 Å². The number of hydrogen-bond donors (Lipinski definition) is 0. The molecule has 0 saturated carbocycles. The highest BCUT2D eigenvalue weighted by Crippen LogP contribution is 2.28. The Labute approximate surface area is 108 Å². The second-order valence-corrected chi connectivity index (χ2v) is 4.31. The molecular formula is C18H14. The summed E-state index contributed by atoms with van der Waals surface area (Å²) in [5.41, 5.74) is 5.12. The molecule has 0 aromatic heterocycles. The average Bonchev–Trinajstić information content (AvgIpc) is 2.84. The molecule has 86 valence electrons. The lowest BCUT2D eigenvalue weighted by atomic mass is 10.1. The van der Waals surface area contributed by atoms with Crippen molar-refractivity contribution < 1.29 is 0 Å². The minimum absolute atomic E-state index is 1.23. The van der Waals surface area contributed by atoms with Crippen LogP contribution in [0.4, 0.5) is 0 Å². The molecule has 0 heteroatoms. The summed E-state index contributed by atoms with van der Waals surface area (Å²) in [7, 11) is 0. The molecule has 1 aliphatic rings. The van der Waals surface area contributed by atoms with E-state index in [0.717, 1.165) is 0 Å². The van der Waals surface area contributed by atoms with E-state index in [1.807, 2.05) is 6.07 Å². The molecule has 0 saturated heterocycles. The smallest absolute Gasteiger partial charge is 0.0111 e. The van der Waals surface area contributed by atoms with E-state index in [-0.39, 0.29) is 0 Å². The first-order chi connectivity index (χ1) is 8.93. The second kappa shape index (κ2) is 4.89. The maximum Gasteiger partial charge on any atom is -0.0111 e. The van der Waals surface area contributed by atoms with Crippen LogP contribution >= 0.6 is 0 Å². The molecule has 0 heterocycles. The molecule has 0 aliphatic heterocycles. The van der Waals surface area contributed by atoms with Crippen LogP contribution in [0.3, 0.4) is 0 Å². The van der Waals surface area contributed by atoms with Gasteiger partial charge in [-0.25, -0.2) is 0 Å². The number of allylic oxidation sites excluding steroid dienone is 4. The Morgan fingerprint density at radius 2 is 1.50 bits per heavy atom. The number of benzene rings is 2. The van der Waals surface area contributed by atoms with Crippen molar-refractivity contribution in [1.82, 2.24) is 0 Å². The standard InChI is InChI=1S/C18H14/c1-2-7-15(8-3-1)9-6-11-17-14-13-16-10-4-5-12-18(16)17/h1-14H/b9-6+,17-11+. The Morgan fingerprint density at radius 1 is 0.722 bits per heavy atom. The van der Waals surface area contributed by atoms with Crippen molar-refractivity contribution in [2.24, 2.45) is 0 Å². The van der Waals surface area contributed by atoms with E-state index >= 15 is 0 Å². The van der Waals surface area contributed by atoms with Crippen molar-refractivity contribution in [3.8, 4) is 0 Å². The molecule has 3 rings (SSSR count). The molecule has 1 aliphatic carbocycles. The summed E-state index contributed by atoms with van der Waals surface area (Å²) in [5.74, 6) is 0. The Balaban J connectivity index is 1.84. The van der Waals surface area contributed by atoms with Gasteiger partial charge in [-0.2, -0.15) is 0 Å². The Bertz CT molecular complexity index is 628. The minimum atomic E-state index is 1.23. The molecule has 0 radical (unpaired) electrons. The van der Waals surface area contributed by atoms with Crippen LogP contribution in [0.1, 0.15) is 16.7 Å². The van der Waals surface area contributed by atoms with E-state index in [1.54, 1.807) is 0 Å². The minimum Gasteiger partial charge on any atom is -0.0622 e. The molecule has 0 nitrogen and oxygen atoms in total. The van der Waals surface area contributed by atoms with Gasteiger partial charge in [-0.1, -0.05) is 85.0 Å². The summed E-state index contributed by atoms with van der Waals surface area (Å²) in [6.07, 6.45) is 10.7. The highest BCUT2D eigenvalue weighted by Gasteiger charge is 2.07. The van der Waals surface area contributed by atoms with Gasteiger partial charge in [-0.05, 0) is 22.3 Å². The van der Waals surface area contributed by atoms with Crippen molar-refractivity contribution in [3.63, 3.8) is 0 Å². The zero-order valence-electron chi connectivity index (χ0n) is 10.1.